The van der Waals surface area contributed by atoms with Gasteiger partial charge in [0, 0.05) is 18.3 Å². The van der Waals surface area contributed by atoms with E-state index in [0.717, 1.165) is 0 Å². The Morgan fingerprint density at radius 3 is 2.33 bits per heavy atom. The molecule has 0 unspecified atom stereocenters. The number of rotatable bonds is 2. The van der Waals surface area contributed by atoms with Crippen molar-refractivity contribution in [3.05, 3.63) is 6.54 Å². The first-order valence-electron chi connectivity index (χ1n) is 1.72. The van der Waals surface area contributed by atoms with Crippen molar-refractivity contribution in [1.29, 1.82) is 0 Å². The maximum atomic E-state index is 5.22. The van der Waals surface area contributed by atoms with E-state index in [4.69, 9.17) is 11.5 Å². The molecule has 0 saturated heterocycles. The minimum atomic E-state index is -0.0478. The molecule has 0 saturated carbocycles. The van der Waals surface area contributed by atoms with E-state index in [0.29, 0.717) is 5.75 Å². The molecule has 1 radical (unpaired) electrons. The van der Waals surface area contributed by atoms with E-state index in [1.165, 1.54) is 6.54 Å². The molecule has 6 heavy (non-hydrogen) atoms. The topological polar surface area (TPSA) is 52.0 Å². The normalized spacial score (nSPS) is 14.5. The summed E-state index contributed by atoms with van der Waals surface area (Å²) >= 11 is 3.86. The minimum absolute atomic E-state index is 0.0478. The summed E-state index contributed by atoms with van der Waals surface area (Å²) in [7, 11) is 0. The summed E-state index contributed by atoms with van der Waals surface area (Å²) in [6.45, 7) is 1.42. The second kappa shape index (κ2) is 3.46. The fraction of sp³-hybridized carbons (Fsp3) is 0.667. The van der Waals surface area contributed by atoms with Gasteiger partial charge in [-0.15, -0.1) is 0 Å². The SMILES string of the molecule is N[CH][C@@H](N)CS. The molecule has 3 heteroatoms. The molecule has 2 nitrogen and oxygen atoms in total. The van der Waals surface area contributed by atoms with Gasteiger partial charge in [-0.2, -0.15) is 12.6 Å². The predicted molar refractivity (Wildman–Crippen MR) is 30.3 cm³/mol. The molecular formula is C3H9N2S. The highest BCUT2D eigenvalue weighted by Gasteiger charge is 1.90. The van der Waals surface area contributed by atoms with Crippen molar-refractivity contribution < 1.29 is 0 Å². The number of hydrogen-bond donors (Lipinski definition) is 3. The lowest BCUT2D eigenvalue weighted by molar-refractivity contribution is 0.855. The first kappa shape index (κ1) is 6.27. The Labute approximate surface area is 43.3 Å². The second-order valence-corrected chi connectivity index (χ2v) is 1.40. The molecule has 0 spiro atoms. The van der Waals surface area contributed by atoms with Crippen LogP contribution in [0.5, 0.6) is 0 Å². The van der Waals surface area contributed by atoms with Gasteiger partial charge in [0.05, 0.1) is 0 Å². The van der Waals surface area contributed by atoms with Crippen LogP contribution in [0.4, 0.5) is 0 Å². The summed E-state index contributed by atoms with van der Waals surface area (Å²) in [5.74, 6) is 0.622. The van der Waals surface area contributed by atoms with E-state index in [9.17, 15) is 0 Å². The van der Waals surface area contributed by atoms with Gasteiger partial charge in [-0.3, -0.25) is 0 Å². The summed E-state index contributed by atoms with van der Waals surface area (Å²) in [5.41, 5.74) is 10.2. The Morgan fingerprint density at radius 2 is 2.33 bits per heavy atom. The fourth-order valence-corrected chi connectivity index (χ4v) is 0.183. The van der Waals surface area contributed by atoms with E-state index in [1.54, 1.807) is 0 Å². The quantitative estimate of drug-likeness (QED) is 0.409. The first-order chi connectivity index (χ1) is 2.81. The van der Waals surface area contributed by atoms with Crippen molar-refractivity contribution >= 4 is 12.6 Å². The summed E-state index contributed by atoms with van der Waals surface area (Å²) in [6.07, 6.45) is 0. The zero-order valence-electron chi connectivity index (χ0n) is 3.46. The Morgan fingerprint density at radius 1 is 1.83 bits per heavy atom. The summed E-state index contributed by atoms with van der Waals surface area (Å²) in [5, 5.41) is 0. The molecule has 0 aliphatic heterocycles. The molecule has 4 N–H and O–H groups in total. The van der Waals surface area contributed by atoms with Crippen LogP contribution in [0.15, 0.2) is 0 Å². The van der Waals surface area contributed by atoms with E-state index in [1.807, 2.05) is 0 Å². The summed E-state index contributed by atoms with van der Waals surface area (Å²) in [6, 6.07) is -0.0478. The molecule has 0 aromatic carbocycles. The smallest absolute Gasteiger partial charge is 0.0369 e. The van der Waals surface area contributed by atoms with Gasteiger partial charge >= 0.3 is 0 Å². The highest BCUT2D eigenvalue weighted by atomic mass is 32.1. The van der Waals surface area contributed by atoms with Gasteiger partial charge < -0.3 is 11.5 Å². The summed E-state index contributed by atoms with van der Waals surface area (Å²) < 4.78 is 0. The third-order valence-corrected chi connectivity index (χ3v) is 0.880. The molecule has 1 atom stereocenters. The maximum absolute atomic E-state index is 5.22. The van der Waals surface area contributed by atoms with Gasteiger partial charge in [-0.25, -0.2) is 0 Å². The number of hydrogen-bond acceptors (Lipinski definition) is 3. The zero-order chi connectivity index (χ0) is 4.99. The van der Waals surface area contributed by atoms with Gasteiger partial charge in [0.2, 0.25) is 0 Å². The van der Waals surface area contributed by atoms with Crippen molar-refractivity contribution in [3.8, 4) is 0 Å². The van der Waals surface area contributed by atoms with E-state index in [-0.39, 0.29) is 6.04 Å². The van der Waals surface area contributed by atoms with Crippen molar-refractivity contribution in [1.82, 2.24) is 0 Å². The lowest BCUT2D eigenvalue weighted by Crippen LogP contribution is -2.25. The van der Waals surface area contributed by atoms with E-state index >= 15 is 0 Å². The average molecular weight is 105 g/mol. The van der Waals surface area contributed by atoms with Crippen LogP contribution in [0, 0.1) is 6.54 Å². The fourth-order valence-electron chi connectivity index (χ4n) is 0.0609. The molecule has 0 aliphatic carbocycles. The van der Waals surface area contributed by atoms with Crippen LogP contribution in [-0.2, 0) is 0 Å². The second-order valence-electron chi connectivity index (χ2n) is 1.04. The van der Waals surface area contributed by atoms with Gasteiger partial charge in [0.25, 0.3) is 0 Å². The van der Waals surface area contributed by atoms with Crippen LogP contribution in [0.1, 0.15) is 0 Å². The highest BCUT2D eigenvalue weighted by molar-refractivity contribution is 7.80. The molecule has 37 valence electrons. The van der Waals surface area contributed by atoms with E-state index < -0.39 is 0 Å². The van der Waals surface area contributed by atoms with Crippen LogP contribution in [0.25, 0.3) is 0 Å². The Bertz CT molecular complexity index is 28.0. The van der Waals surface area contributed by atoms with Crippen LogP contribution in [0.2, 0.25) is 0 Å². The Kier molecular flexibility index (Phi) is 3.62. The van der Waals surface area contributed by atoms with Gasteiger partial charge in [-0.05, 0) is 0 Å². The number of thiol groups is 1. The molecule has 0 heterocycles. The van der Waals surface area contributed by atoms with Crippen LogP contribution in [-0.4, -0.2) is 11.8 Å². The van der Waals surface area contributed by atoms with Crippen molar-refractivity contribution in [2.45, 2.75) is 6.04 Å². The van der Waals surface area contributed by atoms with E-state index in [2.05, 4.69) is 12.6 Å². The maximum Gasteiger partial charge on any atom is 0.0369 e. The molecule has 0 aromatic heterocycles. The highest BCUT2D eigenvalue weighted by Crippen LogP contribution is 1.79. The Hall–Kier alpha value is 0.270. The van der Waals surface area contributed by atoms with Crippen molar-refractivity contribution in [3.63, 3.8) is 0 Å². The average Bonchev–Trinajstić information content (AvgIpc) is 1.65. The molecule has 0 aliphatic rings. The van der Waals surface area contributed by atoms with Gasteiger partial charge in [-0.1, -0.05) is 0 Å². The molecule has 0 fully saturated rings. The largest absolute Gasteiger partial charge is 0.326 e. The first-order valence-corrected chi connectivity index (χ1v) is 2.36. The third-order valence-electron chi connectivity index (χ3n) is 0.458. The lowest BCUT2D eigenvalue weighted by atomic mass is 10.4. The van der Waals surface area contributed by atoms with Crippen LogP contribution < -0.4 is 11.5 Å². The standard InChI is InChI=1S/C3H9N2S/c4-1-3(5)2-6/h1,3,6H,2,4-5H2/t3-/m1/s1. The van der Waals surface area contributed by atoms with Crippen LogP contribution >= 0.6 is 12.6 Å². The van der Waals surface area contributed by atoms with Crippen LogP contribution in [0.3, 0.4) is 0 Å². The minimum Gasteiger partial charge on any atom is -0.326 e. The monoisotopic (exact) mass is 105 g/mol. The zero-order valence-corrected chi connectivity index (χ0v) is 4.36. The number of nitrogens with two attached hydrogens (primary N) is 2. The van der Waals surface area contributed by atoms with Crippen molar-refractivity contribution in [2.75, 3.05) is 5.75 Å². The molecule has 0 bridgehead atoms. The van der Waals surface area contributed by atoms with Gasteiger partial charge in [0.15, 0.2) is 0 Å². The molecule has 0 rings (SSSR count). The predicted octanol–water partition coefficient (Wildman–Crippen LogP) is -0.636. The third kappa shape index (κ3) is 2.50. The molecular weight excluding hydrogens is 96.1 g/mol. The van der Waals surface area contributed by atoms with Crippen molar-refractivity contribution in [2.24, 2.45) is 11.5 Å². The lowest BCUT2D eigenvalue weighted by Gasteiger charge is -1.98. The molecule has 0 amide bonds. The Balaban J connectivity index is 2.75. The molecule has 0 aromatic rings. The summed E-state index contributed by atoms with van der Waals surface area (Å²) in [4.78, 5) is 0. The van der Waals surface area contributed by atoms with Gasteiger partial charge in [0.1, 0.15) is 0 Å².